The summed E-state index contributed by atoms with van der Waals surface area (Å²) in [7, 11) is 2.25. The SMILES string of the molecule is CC1CC(N2CCCC2)CCN1C. The Morgan fingerprint density at radius 2 is 1.77 bits per heavy atom. The summed E-state index contributed by atoms with van der Waals surface area (Å²) in [5, 5.41) is 0. The highest BCUT2D eigenvalue weighted by atomic mass is 15.2. The van der Waals surface area contributed by atoms with Crippen molar-refractivity contribution in [1.82, 2.24) is 9.80 Å². The molecular formula is C11H22N2. The van der Waals surface area contributed by atoms with E-state index in [0.717, 1.165) is 12.1 Å². The van der Waals surface area contributed by atoms with Crippen LogP contribution in [0.2, 0.25) is 0 Å². The van der Waals surface area contributed by atoms with Gasteiger partial charge in [0.1, 0.15) is 0 Å². The first-order chi connectivity index (χ1) is 6.27. The lowest BCUT2D eigenvalue weighted by Gasteiger charge is -2.39. The van der Waals surface area contributed by atoms with Gasteiger partial charge < -0.3 is 9.80 Å². The summed E-state index contributed by atoms with van der Waals surface area (Å²) in [6.45, 7) is 6.38. The standard InChI is InChI=1S/C11H22N2/c1-10-9-11(5-8-12(10)2)13-6-3-4-7-13/h10-11H,3-9H2,1-2H3. The van der Waals surface area contributed by atoms with E-state index in [9.17, 15) is 0 Å². The molecule has 0 saturated carbocycles. The fourth-order valence-corrected chi connectivity index (χ4v) is 2.70. The van der Waals surface area contributed by atoms with Gasteiger partial charge in [-0.1, -0.05) is 0 Å². The first-order valence-corrected chi connectivity index (χ1v) is 5.71. The van der Waals surface area contributed by atoms with Crippen molar-refractivity contribution >= 4 is 0 Å². The summed E-state index contributed by atoms with van der Waals surface area (Å²) in [6.07, 6.45) is 5.64. The summed E-state index contributed by atoms with van der Waals surface area (Å²) < 4.78 is 0. The van der Waals surface area contributed by atoms with E-state index >= 15 is 0 Å². The lowest BCUT2D eigenvalue weighted by Crippen LogP contribution is -2.46. The van der Waals surface area contributed by atoms with Gasteiger partial charge in [-0.2, -0.15) is 0 Å². The summed E-state index contributed by atoms with van der Waals surface area (Å²) in [6, 6.07) is 1.69. The van der Waals surface area contributed by atoms with Gasteiger partial charge in [0.05, 0.1) is 0 Å². The molecule has 0 amide bonds. The minimum atomic E-state index is 0.791. The third-order valence-electron chi connectivity index (χ3n) is 3.84. The van der Waals surface area contributed by atoms with Gasteiger partial charge in [0.2, 0.25) is 0 Å². The van der Waals surface area contributed by atoms with Crippen molar-refractivity contribution in [3.8, 4) is 0 Å². The molecule has 0 bridgehead atoms. The lowest BCUT2D eigenvalue weighted by molar-refractivity contribution is 0.104. The summed E-state index contributed by atoms with van der Waals surface area (Å²) in [4.78, 5) is 5.20. The maximum atomic E-state index is 2.71. The maximum absolute atomic E-state index is 2.71. The third kappa shape index (κ3) is 2.05. The second kappa shape index (κ2) is 3.97. The molecule has 76 valence electrons. The molecule has 0 N–H and O–H groups in total. The molecule has 2 unspecified atom stereocenters. The highest BCUT2D eigenvalue weighted by Gasteiger charge is 2.28. The smallest absolute Gasteiger partial charge is 0.0122 e. The molecule has 0 aromatic rings. The fourth-order valence-electron chi connectivity index (χ4n) is 2.70. The molecule has 0 radical (unpaired) electrons. The Morgan fingerprint density at radius 3 is 2.38 bits per heavy atom. The Morgan fingerprint density at radius 1 is 1.08 bits per heavy atom. The fraction of sp³-hybridized carbons (Fsp3) is 1.00. The molecule has 0 aliphatic carbocycles. The molecule has 2 nitrogen and oxygen atoms in total. The Bertz CT molecular complexity index is 163. The van der Waals surface area contributed by atoms with Crippen LogP contribution < -0.4 is 0 Å². The molecule has 2 aliphatic rings. The van der Waals surface area contributed by atoms with Crippen LogP contribution in [0.25, 0.3) is 0 Å². The molecule has 2 saturated heterocycles. The summed E-state index contributed by atoms with van der Waals surface area (Å²) in [5.41, 5.74) is 0. The van der Waals surface area contributed by atoms with Gasteiger partial charge in [0.15, 0.2) is 0 Å². The molecular weight excluding hydrogens is 160 g/mol. The van der Waals surface area contributed by atoms with Gasteiger partial charge in [-0.25, -0.2) is 0 Å². The van der Waals surface area contributed by atoms with E-state index in [1.54, 1.807) is 0 Å². The number of hydrogen-bond acceptors (Lipinski definition) is 2. The summed E-state index contributed by atoms with van der Waals surface area (Å²) in [5.74, 6) is 0. The van der Waals surface area contributed by atoms with Crippen LogP contribution in [0.3, 0.4) is 0 Å². The van der Waals surface area contributed by atoms with Crippen LogP contribution in [0.5, 0.6) is 0 Å². The van der Waals surface area contributed by atoms with Gasteiger partial charge in [-0.3, -0.25) is 0 Å². The maximum Gasteiger partial charge on any atom is 0.0122 e. The molecule has 2 atom stereocenters. The van der Waals surface area contributed by atoms with Crippen LogP contribution in [-0.2, 0) is 0 Å². The summed E-state index contributed by atoms with van der Waals surface area (Å²) >= 11 is 0. The number of rotatable bonds is 1. The zero-order valence-electron chi connectivity index (χ0n) is 9.00. The molecule has 2 aliphatic heterocycles. The average molecular weight is 182 g/mol. The van der Waals surface area contributed by atoms with Crippen LogP contribution >= 0.6 is 0 Å². The largest absolute Gasteiger partial charge is 0.304 e. The number of piperidine rings is 1. The van der Waals surface area contributed by atoms with E-state index in [2.05, 4.69) is 23.8 Å². The predicted octanol–water partition coefficient (Wildman–Crippen LogP) is 1.56. The normalized spacial score (nSPS) is 38.3. The van der Waals surface area contributed by atoms with Crippen molar-refractivity contribution in [2.45, 2.75) is 44.7 Å². The molecule has 0 spiro atoms. The van der Waals surface area contributed by atoms with Crippen LogP contribution in [-0.4, -0.2) is 48.6 Å². The first-order valence-electron chi connectivity index (χ1n) is 5.71. The second-order valence-corrected chi connectivity index (χ2v) is 4.75. The molecule has 2 fully saturated rings. The van der Waals surface area contributed by atoms with E-state index < -0.39 is 0 Å². The van der Waals surface area contributed by atoms with Crippen molar-refractivity contribution < 1.29 is 0 Å². The van der Waals surface area contributed by atoms with Crippen molar-refractivity contribution in [1.29, 1.82) is 0 Å². The molecule has 13 heavy (non-hydrogen) atoms. The van der Waals surface area contributed by atoms with Gasteiger partial charge >= 0.3 is 0 Å². The van der Waals surface area contributed by atoms with E-state index in [-0.39, 0.29) is 0 Å². The van der Waals surface area contributed by atoms with Crippen molar-refractivity contribution in [2.75, 3.05) is 26.7 Å². The van der Waals surface area contributed by atoms with Gasteiger partial charge in [0, 0.05) is 12.1 Å². The Balaban J connectivity index is 1.87. The number of nitrogens with zero attached hydrogens (tertiary/aromatic N) is 2. The molecule has 2 heterocycles. The monoisotopic (exact) mass is 182 g/mol. The Kier molecular flexibility index (Phi) is 2.89. The minimum absolute atomic E-state index is 0.791. The van der Waals surface area contributed by atoms with Crippen LogP contribution in [0.4, 0.5) is 0 Å². The quantitative estimate of drug-likeness (QED) is 0.607. The van der Waals surface area contributed by atoms with Gasteiger partial charge in [-0.15, -0.1) is 0 Å². The molecule has 0 aromatic heterocycles. The zero-order chi connectivity index (χ0) is 9.26. The van der Waals surface area contributed by atoms with Gasteiger partial charge in [-0.05, 0) is 59.3 Å². The molecule has 0 aromatic carbocycles. The average Bonchev–Trinajstić information content (AvgIpc) is 2.62. The number of hydrogen-bond donors (Lipinski definition) is 0. The van der Waals surface area contributed by atoms with Crippen LogP contribution in [0, 0.1) is 0 Å². The third-order valence-corrected chi connectivity index (χ3v) is 3.84. The van der Waals surface area contributed by atoms with E-state index in [1.165, 1.54) is 45.3 Å². The van der Waals surface area contributed by atoms with Crippen molar-refractivity contribution in [3.63, 3.8) is 0 Å². The second-order valence-electron chi connectivity index (χ2n) is 4.75. The Labute approximate surface area is 81.9 Å². The van der Waals surface area contributed by atoms with Crippen LogP contribution in [0.15, 0.2) is 0 Å². The topological polar surface area (TPSA) is 6.48 Å². The highest BCUT2D eigenvalue weighted by Crippen LogP contribution is 2.23. The van der Waals surface area contributed by atoms with Gasteiger partial charge in [0.25, 0.3) is 0 Å². The van der Waals surface area contributed by atoms with E-state index in [1.807, 2.05) is 0 Å². The van der Waals surface area contributed by atoms with E-state index in [4.69, 9.17) is 0 Å². The predicted molar refractivity (Wildman–Crippen MR) is 55.9 cm³/mol. The lowest BCUT2D eigenvalue weighted by atomic mass is 9.98. The molecule has 2 heteroatoms. The zero-order valence-corrected chi connectivity index (χ0v) is 9.00. The Hall–Kier alpha value is -0.0800. The first kappa shape index (κ1) is 9.47. The highest BCUT2D eigenvalue weighted by molar-refractivity contribution is 4.85. The van der Waals surface area contributed by atoms with Crippen molar-refractivity contribution in [2.24, 2.45) is 0 Å². The van der Waals surface area contributed by atoms with E-state index in [0.29, 0.717) is 0 Å². The van der Waals surface area contributed by atoms with Crippen LogP contribution in [0.1, 0.15) is 32.6 Å². The minimum Gasteiger partial charge on any atom is -0.304 e. The van der Waals surface area contributed by atoms with Crippen molar-refractivity contribution in [3.05, 3.63) is 0 Å². The number of likely N-dealkylation sites (tertiary alicyclic amines) is 2. The molecule has 2 rings (SSSR count).